The van der Waals surface area contributed by atoms with E-state index in [4.69, 9.17) is 4.42 Å². The molecule has 1 fully saturated rings. The molecule has 0 aliphatic carbocycles. The third kappa shape index (κ3) is 4.42. The minimum Gasteiger partial charge on any atom is -0.422 e. The molecular formula is C25H30N2O3. The number of aliphatic hydroxyl groups is 1. The number of hydrogen-bond donors (Lipinski definition) is 2. The van der Waals surface area contributed by atoms with Crippen molar-refractivity contribution in [2.45, 2.75) is 39.8 Å². The minimum atomic E-state index is -0.312. The highest BCUT2D eigenvalue weighted by Gasteiger charge is 2.19. The van der Waals surface area contributed by atoms with Crippen LogP contribution in [0.1, 0.15) is 35.1 Å². The highest BCUT2D eigenvalue weighted by atomic mass is 16.4. The summed E-state index contributed by atoms with van der Waals surface area (Å²) in [4.78, 5) is 14.6. The summed E-state index contributed by atoms with van der Waals surface area (Å²) in [6, 6.07) is 14.1. The zero-order valence-corrected chi connectivity index (χ0v) is 17.8. The molecule has 0 amide bonds. The van der Waals surface area contributed by atoms with Gasteiger partial charge in [-0.1, -0.05) is 30.3 Å². The lowest BCUT2D eigenvalue weighted by atomic mass is 9.97. The van der Waals surface area contributed by atoms with Crippen molar-refractivity contribution in [2.24, 2.45) is 5.92 Å². The van der Waals surface area contributed by atoms with E-state index < -0.39 is 0 Å². The molecule has 0 radical (unpaired) electrons. The van der Waals surface area contributed by atoms with E-state index >= 15 is 0 Å². The van der Waals surface area contributed by atoms with Crippen LogP contribution in [0, 0.1) is 19.8 Å². The predicted molar refractivity (Wildman–Crippen MR) is 121 cm³/mol. The lowest BCUT2D eigenvalue weighted by Gasteiger charge is -2.31. The van der Waals surface area contributed by atoms with Gasteiger partial charge in [0, 0.05) is 36.8 Å². The van der Waals surface area contributed by atoms with Crippen LogP contribution in [0.4, 0.5) is 5.69 Å². The van der Waals surface area contributed by atoms with Crippen LogP contribution in [0.25, 0.3) is 11.0 Å². The molecule has 0 bridgehead atoms. The molecule has 2 aromatic carbocycles. The van der Waals surface area contributed by atoms with E-state index in [0.717, 1.165) is 60.2 Å². The summed E-state index contributed by atoms with van der Waals surface area (Å²) < 4.78 is 5.50. The molecule has 5 heteroatoms. The van der Waals surface area contributed by atoms with Gasteiger partial charge in [-0.15, -0.1) is 0 Å². The maximum Gasteiger partial charge on any atom is 0.336 e. The Hall–Kier alpha value is -2.63. The highest BCUT2D eigenvalue weighted by Crippen LogP contribution is 2.26. The molecule has 1 aliphatic heterocycles. The molecule has 158 valence electrons. The molecule has 2 N–H and O–H groups in total. The quantitative estimate of drug-likeness (QED) is 0.600. The van der Waals surface area contributed by atoms with Crippen LogP contribution >= 0.6 is 0 Å². The number of fused-ring (bicyclic) bond motifs is 1. The molecule has 0 spiro atoms. The van der Waals surface area contributed by atoms with E-state index in [2.05, 4.69) is 34.5 Å². The normalized spacial score (nSPS) is 15.6. The summed E-state index contributed by atoms with van der Waals surface area (Å²) in [5.41, 5.74) is 5.78. The number of anilines is 1. The molecule has 4 rings (SSSR count). The largest absolute Gasteiger partial charge is 0.422 e. The van der Waals surface area contributed by atoms with E-state index in [1.165, 1.54) is 5.56 Å². The monoisotopic (exact) mass is 406 g/mol. The Morgan fingerprint density at radius 2 is 1.87 bits per heavy atom. The van der Waals surface area contributed by atoms with Crippen LogP contribution in [0.5, 0.6) is 0 Å². The van der Waals surface area contributed by atoms with Crippen LogP contribution in [0.3, 0.4) is 0 Å². The van der Waals surface area contributed by atoms with Crippen LogP contribution in [-0.2, 0) is 13.1 Å². The maximum atomic E-state index is 12.1. The predicted octanol–water partition coefficient (Wildman–Crippen LogP) is 4.23. The van der Waals surface area contributed by atoms with E-state index in [1.807, 2.05) is 26.0 Å². The molecule has 1 saturated heterocycles. The molecule has 0 atom stereocenters. The van der Waals surface area contributed by atoms with Gasteiger partial charge in [0.1, 0.15) is 5.58 Å². The first-order valence-corrected chi connectivity index (χ1v) is 10.7. The van der Waals surface area contributed by atoms with Crippen molar-refractivity contribution in [3.63, 3.8) is 0 Å². The lowest BCUT2D eigenvalue weighted by molar-refractivity contribution is 0.127. The topological polar surface area (TPSA) is 65.7 Å². The van der Waals surface area contributed by atoms with Gasteiger partial charge in [-0.2, -0.15) is 0 Å². The van der Waals surface area contributed by atoms with Crippen molar-refractivity contribution >= 4 is 16.7 Å². The van der Waals surface area contributed by atoms with Crippen molar-refractivity contribution in [3.05, 3.63) is 75.1 Å². The number of benzene rings is 2. The van der Waals surface area contributed by atoms with Crippen LogP contribution in [0.15, 0.2) is 51.7 Å². The Labute approximate surface area is 177 Å². The average Bonchev–Trinajstić information content (AvgIpc) is 2.76. The lowest BCUT2D eigenvalue weighted by Crippen LogP contribution is -2.34. The van der Waals surface area contributed by atoms with E-state index in [0.29, 0.717) is 24.7 Å². The van der Waals surface area contributed by atoms with Crippen LogP contribution in [-0.4, -0.2) is 29.7 Å². The number of rotatable bonds is 6. The van der Waals surface area contributed by atoms with Crippen molar-refractivity contribution in [2.75, 3.05) is 25.0 Å². The smallest absolute Gasteiger partial charge is 0.336 e. The van der Waals surface area contributed by atoms with Gasteiger partial charge in [-0.3, -0.25) is 4.90 Å². The van der Waals surface area contributed by atoms with Crippen molar-refractivity contribution in [3.8, 4) is 0 Å². The average molecular weight is 407 g/mol. The van der Waals surface area contributed by atoms with Gasteiger partial charge in [0.2, 0.25) is 0 Å². The van der Waals surface area contributed by atoms with Crippen molar-refractivity contribution in [1.82, 2.24) is 4.90 Å². The second kappa shape index (κ2) is 9.02. The summed E-state index contributed by atoms with van der Waals surface area (Å²) >= 11 is 0. The number of para-hydroxylation sites is 1. The number of nitrogens with zero attached hydrogens (tertiary/aromatic N) is 1. The number of aryl methyl sites for hydroxylation is 2. The van der Waals surface area contributed by atoms with Crippen LogP contribution < -0.4 is 10.9 Å². The number of nitrogens with one attached hydrogen (secondary N) is 1. The van der Waals surface area contributed by atoms with Gasteiger partial charge in [0.25, 0.3) is 0 Å². The van der Waals surface area contributed by atoms with Crippen molar-refractivity contribution in [1.29, 1.82) is 0 Å². The molecule has 0 saturated carbocycles. The zero-order valence-electron chi connectivity index (χ0n) is 17.8. The summed E-state index contributed by atoms with van der Waals surface area (Å²) in [5.74, 6) is 0.444. The Morgan fingerprint density at radius 1 is 1.10 bits per heavy atom. The fourth-order valence-corrected chi connectivity index (χ4v) is 4.26. The summed E-state index contributed by atoms with van der Waals surface area (Å²) in [6.07, 6.45) is 2.10. The summed E-state index contributed by atoms with van der Waals surface area (Å²) in [5, 5.41) is 13.9. The van der Waals surface area contributed by atoms with Crippen LogP contribution in [0.2, 0.25) is 0 Å². The molecule has 0 unspecified atom stereocenters. The fraction of sp³-hybridized carbons (Fsp3) is 0.400. The second-order valence-electron chi connectivity index (χ2n) is 8.39. The van der Waals surface area contributed by atoms with Gasteiger partial charge >= 0.3 is 5.63 Å². The maximum absolute atomic E-state index is 12.1. The van der Waals surface area contributed by atoms with Gasteiger partial charge in [0.05, 0.1) is 0 Å². The molecule has 3 aromatic rings. The number of piperidine rings is 1. The molecule has 1 aliphatic rings. The molecule has 2 heterocycles. The first-order chi connectivity index (χ1) is 14.5. The molecule has 30 heavy (non-hydrogen) atoms. The number of aliphatic hydroxyl groups excluding tert-OH is 1. The number of likely N-dealkylation sites (tertiary alicyclic amines) is 1. The minimum absolute atomic E-state index is 0.296. The van der Waals surface area contributed by atoms with Gasteiger partial charge in [-0.05, 0) is 74.0 Å². The van der Waals surface area contributed by atoms with Gasteiger partial charge < -0.3 is 14.8 Å². The van der Waals surface area contributed by atoms with E-state index in [1.54, 1.807) is 6.07 Å². The highest BCUT2D eigenvalue weighted by molar-refractivity contribution is 5.84. The number of hydrogen-bond acceptors (Lipinski definition) is 5. The van der Waals surface area contributed by atoms with E-state index in [9.17, 15) is 9.90 Å². The van der Waals surface area contributed by atoms with E-state index in [-0.39, 0.29) is 5.63 Å². The molecular weight excluding hydrogens is 376 g/mol. The Kier molecular flexibility index (Phi) is 6.21. The third-order valence-electron chi connectivity index (χ3n) is 6.36. The van der Waals surface area contributed by atoms with Gasteiger partial charge in [-0.25, -0.2) is 4.79 Å². The first-order valence-electron chi connectivity index (χ1n) is 10.7. The van der Waals surface area contributed by atoms with Crippen molar-refractivity contribution < 1.29 is 9.52 Å². The fourth-order valence-electron chi connectivity index (χ4n) is 4.26. The summed E-state index contributed by atoms with van der Waals surface area (Å²) in [7, 11) is 0. The molecule has 5 nitrogen and oxygen atoms in total. The zero-order chi connectivity index (χ0) is 21.1. The SMILES string of the molecule is Cc1ccc2c(CNc3ccccc3CN3CCC(CO)CC3)cc(=O)oc2c1C. The Bertz CT molecular complexity index is 1080. The summed E-state index contributed by atoms with van der Waals surface area (Å²) in [6.45, 7) is 7.80. The Balaban J connectivity index is 1.53. The third-order valence-corrected chi connectivity index (χ3v) is 6.36. The standard InChI is InChI=1S/C25H30N2O3/c1-17-7-8-22-21(13-24(29)30-25(22)18(17)2)14-26-23-6-4-3-5-20(23)15-27-11-9-19(16-28)10-12-27/h3-8,13,19,26,28H,9-12,14-16H2,1-2H3. The second-order valence-corrected chi connectivity index (χ2v) is 8.39. The molecule has 1 aromatic heterocycles. The Morgan fingerprint density at radius 3 is 2.63 bits per heavy atom. The first kappa shape index (κ1) is 20.6. The van der Waals surface area contributed by atoms with Gasteiger partial charge in [0.15, 0.2) is 0 Å².